The van der Waals surface area contributed by atoms with Gasteiger partial charge in [-0.2, -0.15) is 5.10 Å². The van der Waals surface area contributed by atoms with Crippen molar-refractivity contribution in [2.45, 2.75) is 23.4 Å². The Balaban J connectivity index is 0.00000182. The maximum absolute atomic E-state index is 13.3. The molecule has 1 fully saturated rings. The Labute approximate surface area is 177 Å². The minimum Gasteiger partial charge on any atom is -0.740 e. The summed E-state index contributed by atoms with van der Waals surface area (Å²) in [5.41, 5.74) is 1.04. The Bertz CT molecular complexity index is 892. The van der Waals surface area contributed by atoms with Gasteiger partial charge in [0.15, 0.2) is 0 Å². The minimum atomic E-state index is -0.694. The summed E-state index contributed by atoms with van der Waals surface area (Å²) in [5.74, 6) is -0.298. The molecule has 122 valence electrons. The molecule has 2 aromatic carbocycles. The van der Waals surface area contributed by atoms with E-state index >= 15 is 0 Å². The third-order valence-corrected chi connectivity index (χ3v) is 4.84. The van der Waals surface area contributed by atoms with Gasteiger partial charge in [-0.25, -0.2) is 9.37 Å². The number of halogens is 2. The van der Waals surface area contributed by atoms with E-state index in [-0.39, 0.29) is 41.5 Å². The van der Waals surface area contributed by atoms with Gasteiger partial charge in [0, 0.05) is 15.7 Å². The number of hydrogen-bond acceptors (Lipinski definition) is 4. The third kappa shape index (κ3) is 3.47. The first-order chi connectivity index (χ1) is 11.6. The molecule has 0 spiro atoms. The first-order valence-electron chi connectivity index (χ1n) is 7.33. The van der Waals surface area contributed by atoms with Crippen LogP contribution >= 0.6 is 11.6 Å². The van der Waals surface area contributed by atoms with Crippen molar-refractivity contribution in [2.24, 2.45) is 0 Å². The van der Waals surface area contributed by atoms with Crippen LogP contribution in [0.1, 0.15) is 17.2 Å². The van der Waals surface area contributed by atoms with Crippen LogP contribution in [-0.2, 0) is 29.5 Å². The van der Waals surface area contributed by atoms with Crippen LogP contribution in [0.2, 0.25) is 5.02 Å². The first kappa shape index (κ1) is 18.8. The Morgan fingerprint density at radius 2 is 1.92 bits per heavy atom. The quantitative estimate of drug-likeness (QED) is 0.377. The molecule has 4 rings (SSSR count). The third-order valence-electron chi connectivity index (χ3n) is 4.18. The number of epoxide rings is 1. The van der Waals surface area contributed by atoms with Crippen molar-refractivity contribution >= 4 is 24.2 Å². The summed E-state index contributed by atoms with van der Waals surface area (Å²) in [6.45, 7) is 0.382. The van der Waals surface area contributed by atoms with E-state index in [0.717, 1.165) is 11.1 Å². The molecule has 25 heavy (non-hydrogen) atoms. The van der Waals surface area contributed by atoms with Crippen LogP contribution in [-0.4, -0.2) is 14.8 Å². The number of benzene rings is 2. The molecule has 0 unspecified atom stereocenters. The molecule has 0 radical (unpaired) electrons. The molecule has 1 saturated heterocycles. The molecule has 1 aromatic heterocycles. The molecule has 0 saturated carbocycles. The number of hydrogen-bond donors (Lipinski definition) is 0. The van der Waals surface area contributed by atoms with Crippen molar-refractivity contribution < 1.29 is 38.7 Å². The normalized spacial score (nSPS) is 21.6. The van der Waals surface area contributed by atoms with Crippen LogP contribution in [0.3, 0.4) is 0 Å². The van der Waals surface area contributed by atoms with Crippen LogP contribution in [0.4, 0.5) is 4.39 Å². The van der Waals surface area contributed by atoms with Crippen molar-refractivity contribution in [3.8, 4) is 0 Å². The smallest absolute Gasteiger partial charge is 0.740 e. The average Bonchev–Trinajstić information content (AvgIpc) is 3.16. The van der Waals surface area contributed by atoms with Crippen molar-refractivity contribution in [3.63, 3.8) is 0 Å². The molecule has 4 nitrogen and oxygen atoms in total. The molecule has 1 aliphatic rings. The molecule has 0 aliphatic carbocycles. The van der Waals surface area contributed by atoms with Crippen molar-refractivity contribution in [2.75, 3.05) is 0 Å². The maximum atomic E-state index is 13.3. The van der Waals surface area contributed by atoms with Crippen molar-refractivity contribution in [3.05, 3.63) is 76.8 Å². The van der Waals surface area contributed by atoms with Gasteiger partial charge in [-0.1, -0.05) is 41.9 Å². The molecular weight excluding hydrogens is 372 g/mol. The average molecular weight is 384 g/mol. The summed E-state index contributed by atoms with van der Waals surface area (Å²) in [5, 5.41) is 5.16. The molecule has 1 aliphatic heterocycles. The predicted molar refractivity (Wildman–Crippen MR) is 89.0 cm³/mol. The van der Waals surface area contributed by atoms with E-state index in [9.17, 15) is 4.39 Å². The van der Waals surface area contributed by atoms with Crippen LogP contribution in [0.5, 0.6) is 0 Å². The Hall–Kier alpha value is -1.02. The Kier molecular flexibility index (Phi) is 5.48. The summed E-state index contributed by atoms with van der Waals surface area (Å²) in [6, 6.07) is 13.8. The van der Waals surface area contributed by atoms with Gasteiger partial charge >= 0.3 is 29.6 Å². The van der Waals surface area contributed by atoms with Gasteiger partial charge in [0.05, 0.1) is 6.54 Å². The van der Waals surface area contributed by atoms with Gasteiger partial charge in [0.1, 0.15) is 23.8 Å². The summed E-state index contributed by atoms with van der Waals surface area (Å²) in [6.07, 6.45) is 1.16. The second-order valence-electron chi connectivity index (χ2n) is 5.62. The van der Waals surface area contributed by atoms with Gasteiger partial charge in [-0.3, -0.25) is 4.68 Å². The zero-order chi connectivity index (χ0) is 16.7. The first-order valence-corrected chi connectivity index (χ1v) is 8.12. The zero-order valence-corrected chi connectivity index (χ0v) is 17.0. The predicted octanol–water partition coefficient (Wildman–Crippen LogP) is 0.647. The topological polar surface area (TPSA) is 43.2 Å². The molecular formula is C17H12ClFN3NaOS. The van der Waals surface area contributed by atoms with Gasteiger partial charge in [0.2, 0.25) is 0 Å². The monoisotopic (exact) mass is 383 g/mol. The number of rotatable bonds is 4. The molecule has 8 heteroatoms. The van der Waals surface area contributed by atoms with E-state index in [1.54, 1.807) is 16.8 Å². The molecule has 0 bridgehead atoms. The number of aromatic nitrogens is 3. The van der Waals surface area contributed by atoms with E-state index in [1.807, 2.05) is 24.3 Å². The summed E-state index contributed by atoms with van der Waals surface area (Å²) in [7, 11) is 0. The largest absolute Gasteiger partial charge is 1.00 e. The summed E-state index contributed by atoms with van der Waals surface area (Å²) < 4.78 is 21.0. The van der Waals surface area contributed by atoms with E-state index in [4.69, 9.17) is 29.0 Å². The standard InChI is InChI=1S/C17H13ClFN3OS.Na/c18-14-4-2-1-3-13(14)15-17(23-15,9-22-16(24)20-10-21-22)11-5-7-12(19)8-6-11;/h1-8,10,15H,9H2,(H,20,21,24);/q;+1/p-1/t15-,17-;/m1./s1. The van der Waals surface area contributed by atoms with Crippen molar-refractivity contribution in [1.82, 2.24) is 14.8 Å². The second-order valence-corrected chi connectivity index (χ2v) is 6.39. The summed E-state index contributed by atoms with van der Waals surface area (Å²) in [4.78, 5) is 3.98. The Morgan fingerprint density at radius 1 is 1.20 bits per heavy atom. The van der Waals surface area contributed by atoms with Crippen LogP contribution in [0, 0.1) is 5.82 Å². The molecule has 2 atom stereocenters. The van der Waals surface area contributed by atoms with Crippen LogP contribution in [0.25, 0.3) is 0 Å². The van der Waals surface area contributed by atoms with Crippen LogP contribution in [0.15, 0.2) is 60.0 Å². The second kappa shape index (κ2) is 7.31. The van der Waals surface area contributed by atoms with Gasteiger partial charge in [-0.05, 0) is 23.8 Å². The maximum Gasteiger partial charge on any atom is 1.00 e. The number of ether oxygens (including phenoxy) is 1. The molecule has 0 amide bonds. The fourth-order valence-corrected chi connectivity index (χ4v) is 3.32. The molecule has 3 aromatic rings. The fourth-order valence-electron chi connectivity index (χ4n) is 2.93. The van der Waals surface area contributed by atoms with Gasteiger partial charge in [0.25, 0.3) is 0 Å². The molecule has 2 heterocycles. The molecule has 0 N–H and O–H groups in total. The van der Waals surface area contributed by atoms with E-state index < -0.39 is 5.60 Å². The minimum absolute atomic E-state index is 0. The number of nitrogens with zero attached hydrogens (tertiary/aromatic N) is 3. The zero-order valence-electron chi connectivity index (χ0n) is 13.4. The Morgan fingerprint density at radius 3 is 2.56 bits per heavy atom. The van der Waals surface area contributed by atoms with Crippen LogP contribution < -0.4 is 29.6 Å². The van der Waals surface area contributed by atoms with Gasteiger partial charge < -0.3 is 17.4 Å². The fraction of sp³-hybridized carbons (Fsp3) is 0.176. The van der Waals surface area contributed by atoms with E-state index in [2.05, 4.69) is 10.1 Å². The van der Waals surface area contributed by atoms with E-state index in [0.29, 0.717) is 16.7 Å². The van der Waals surface area contributed by atoms with E-state index in [1.165, 1.54) is 18.5 Å². The van der Waals surface area contributed by atoms with Crippen molar-refractivity contribution in [1.29, 1.82) is 0 Å². The van der Waals surface area contributed by atoms with Gasteiger partial charge in [-0.15, -0.1) is 0 Å². The SMILES string of the molecule is Fc1ccc([C@@]2(Cn3ncnc3[S-])O[C@@H]2c2ccccc2Cl)cc1.[Na+]. The summed E-state index contributed by atoms with van der Waals surface area (Å²) >= 11 is 11.5.